The summed E-state index contributed by atoms with van der Waals surface area (Å²) in [5.74, 6) is 0.679. The normalized spacial score (nSPS) is 22.8. The maximum atomic E-state index is 12.6. The van der Waals surface area contributed by atoms with Crippen LogP contribution in [0.3, 0.4) is 0 Å². The van der Waals surface area contributed by atoms with Crippen LogP contribution in [0.4, 0.5) is 5.82 Å². The third-order valence-electron chi connectivity index (χ3n) is 6.25. The molecule has 166 valence electrons. The molecule has 4 rings (SSSR count). The first-order chi connectivity index (χ1) is 14.6. The van der Waals surface area contributed by atoms with Crippen LogP contribution in [0.1, 0.15) is 38.1 Å². The van der Waals surface area contributed by atoms with E-state index in [1.165, 1.54) is 0 Å². The van der Waals surface area contributed by atoms with Gasteiger partial charge in [-0.25, -0.2) is 4.98 Å². The van der Waals surface area contributed by atoms with Gasteiger partial charge >= 0.3 is 7.12 Å². The third kappa shape index (κ3) is 4.63. The molecule has 3 aliphatic heterocycles. The molecule has 8 nitrogen and oxygen atoms in total. The van der Waals surface area contributed by atoms with Crippen molar-refractivity contribution < 1.29 is 18.8 Å². The Hall–Kier alpha value is -2.36. The van der Waals surface area contributed by atoms with Crippen molar-refractivity contribution in [2.45, 2.75) is 38.9 Å². The van der Waals surface area contributed by atoms with Crippen molar-refractivity contribution in [3.63, 3.8) is 0 Å². The second-order valence-electron chi connectivity index (χ2n) is 9.26. The first-order valence-electron chi connectivity index (χ1n) is 10.7. The van der Waals surface area contributed by atoms with E-state index < -0.39 is 7.12 Å². The van der Waals surface area contributed by atoms with Crippen LogP contribution < -0.4 is 5.32 Å². The number of likely N-dealkylation sites (N-methyl/N-ethyl adjacent to an activating group) is 1. The lowest BCUT2D eigenvalue weighted by molar-refractivity contribution is 0.00578. The summed E-state index contributed by atoms with van der Waals surface area (Å²) in [5.41, 5.74) is 1.74. The van der Waals surface area contributed by atoms with E-state index in [9.17, 15) is 4.79 Å². The van der Waals surface area contributed by atoms with Crippen LogP contribution in [-0.4, -0.2) is 78.9 Å². The lowest BCUT2D eigenvalue weighted by atomic mass is 9.77. The number of hydrogen-bond donors (Lipinski definition) is 1. The summed E-state index contributed by atoms with van der Waals surface area (Å²) in [5, 5.41) is 3.36. The van der Waals surface area contributed by atoms with E-state index in [1.54, 1.807) is 11.1 Å². The summed E-state index contributed by atoms with van der Waals surface area (Å²) in [6.45, 7) is 11.3. The fourth-order valence-electron chi connectivity index (χ4n) is 3.74. The first-order valence-corrected chi connectivity index (χ1v) is 10.7. The highest BCUT2D eigenvalue weighted by Gasteiger charge is 2.52. The number of aromatic nitrogens is 1. The molecule has 3 aliphatic rings. The zero-order valence-electron chi connectivity index (χ0n) is 19.0. The number of morpholine rings is 1. The van der Waals surface area contributed by atoms with Gasteiger partial charge in [0.2, 0.25) is 0 Å². The van der Waals surface area contributed by atoms with E-state index in [0.717, 1.165) is 11.2 Å². The summed E-state index contributed by atoms with van der Waals surface area (Å²) in [7, 11) is 1.59. The summed E-state index contributed by atoms with van der Waals surface area (Å²) < 4.78 is 17.7. The Bertz CT molecular complexity index is 875. The predicted molar refractivity (Wildman–Crippen MR) is 119 cm³/mol. The van der Waals surface area contributed by atoms with Gasteiger partial charge in [-0.3, -0.25) is 4.79 Å². The zero-order chi connectivity index (χ0) is 22.2. The van der Waals surface area contributed by atoms with Crippen LogP contribution >= 0.6 is 0 Å². The second-order valence-corrected chi connectivity index (χ2v) is 9.26. The highest BCUT2D eigenvalue weighted by atomic mass is 16.7. The average Bonchev–Trinajstić information content (AvgIpc) is 2.95. The number of nitrogens with one attached hydrogen (secondary N) is 1. The minimum atomic E-state index is -0.425. The monoisotopic (exact) mass is 426 g/mol. The van der Waals surface area contributed by atoms with E-state index in [1.807, 2.05) is 53.1 Å². The molecule has 0 atom stereocenters. The van der Waals surface area contributed by atoms with Crippen LogP contribution in [0.5, 0.6) is 0 Å². The number of amides is 1. The molecule has 4 heterocycles. The Kier molecular flexibility index (Phi) is 5.85. The smallest absolute Gasteiger partial charge is 0.399 e. The Morgan fingerprint density at radius 3 is 2.42 bits per heavy atom. The van der Waals surface area contributed by atoms with Gasteiger partial charge in [-0.1, -0.05) is 0 Å². The number of allylic oxidation sites excluding steroid dienone is 2. The number of anilines is 1. The van der Waals surface area contributed by atoms with Crippen molar-refractivity contribution in [1.82, 2.24) is 14.8 Å². The number of carbonyl (C=O) groups is 1. The Labute approximate surface area is 184 Å². The number of carbonyl (C=O) groups excluding carboxylic acids is 1. The molecule has 1 aromatic rings. The molecule has 1 aromatic heterocycles. The van der Waals surface area contributed by atoms with Gasteiger partial charge < -0.3 is 29.2 Å². The molecule has 0 spiro atoms. The van der Waals surface area contributed by atoms with Crippen LogP contribution in [0, 0.1) is 0 Å². The van der Waals surface area contributed by atoms with Crippen molar-refractivity contribution in [2.24, 2.45) is 0 Å². The van der Waals surface area contributed by atoms with Gasteiger partial charge in [-0.15, -0.1) is 0 Å². The molecule has 0 aliphatic carbocycles. The maximum absolute atomic E-state index is 12.6. The highest BCUT2D eigenvalue weighted by Crippen LogP contribution is 2.39. The molecular weight excluding hydrogens is 395 g/mol. The molecule has 0 radical (unpaired) electrons. The highest BCUT2D eigenvalue weighted by molar-refractivity contribution is 6.55. The van der Waals surface area contributed by atoms with E-state index >= 15 is 0 Å². The number of rotatable bonds is 4. The number of hydrogen-bond acceptors (Lipinski definition) is 7. The van der Waals surface area contributed by atoms with Gasteiger partial charge in [-0.2, -0.15) is 0 Å². The van der Waals surface area contributed by atoms with Gasteiger partial charge in [0, 0.05) is 37.5 Å². The van der Waals surface area contributed by atoms with Gasteiger partial charge in [0.15, 0.2) is 0 Å². The molecule has 0 unspecified atom stereocenters. The summed E-state index contributed by atoms with van der Waals surface area (Å²) in [6.07, 6.45) is 5.72. The maximum Gasteiger partial charge on any atom is 0.496 e. The Morgan fingerprint density at radius 2 is 1.81 bits per heavy atom. The van der Waals surface area contributed by atoms with Crippen molar-refractivity contribution in [3.8, 4) is 0 Å². The molecule has 1 amide bonds. The molecule has 0 aromatic carbocycles. The molecular formula is C22H31BN4O4. The molecule has 0 saturated carbocycles. The molecule has 9 heteroatoms. The predicted octanol–water partition coefficient (Wildman–Crippen LogP) is 2.31. The third-order valence-corrected chi connectivity index (χ3v) is 6.25. The molecule has 2 fully saturated rings. The molecule has 1 N–H and O–H groups in total. The van der Waals surface area contributed by atoms with E-state index in [2.05, 4.69) is 21.3 Å². The topological polar surface area (TPSA) is 76.2 Å². The van der Waals surface area contributed by atoms with Gasteiger partial charge in [-0.05, 0) is 52.1 Å². The van der Waals surface area contributed by atoms with Crippen molar-refractivity contribution in [3.05, 3.63) is 47.3 Å². The summed E-state index contributed by atoms with van der Waals surface area (Å²) >= 11 is 0. The Morgan fingerprint density at radius 1 is 1.13 bits per heavy atom. The van der Waals surface area contributed by atoms with E-state index in [-0.39, 0.29) is 17.1 Å². The largest absolute Gasteiger partial charge is 0.496 e. The van der Waals surface area contributed by atoms with Crippen LogP contribution in [0.15, 0.2) is 41.8 Å². The quantitative estimate of drug-likeness (QED) is 0.741. The van der Waals surface area contributed by atoms with Crippen molar-refractivity contribution in [2.75, 3.05) is 45.2 Å². The van der Waals surface area contributed by atoms with Gasteiger partial charge in [0.25, 0.3) is 5.91 Å². The van der Waals surface area contributed by atoms with Gasteiger partial charge in [0.05, 0.1) is 36.5 Å². The van der Waals surface area contributed by atoms with Crippen molar-refractivity contribution in [1.29, 1.82) is 0 Å². The van der Waals surface area contributed by atoms with Gasteiger partial charge in [0.1, 0.15) is 5.82 Å². The fourth-order valence-corrected chi connectivity index (χ4v) is 3.74. The molecule has 31 heavy (non-hydrogen) atoms. The first kappa shape index (κ1) is 21.9. The zero-order valence-corrected chi connectivity index (χ0v) is 19.0. The second kappa shape index (κ2) is 8.29. The van der Waals surface area contributed by atoms with Crippen LogP contribution in [0.2, 0.25) is 0 Å². The minimum Gasteiger partial charge on any atom is -0.399 e. The summed E-state index contributed by atoms with van der Waals surface area (Å²) in [6, 6.07) is 3.65. The number of nitrogens with zero attached hydrogens (tertiary/aromatic N) is 3. The number of pyridine rings is 1. The molecule has 0 bridgehead atoms. The SMILES string of the molecule is CN1C=C(B2OC(C)(C)C(C)(C)O2)C=C(Nc2ccc(C(=O)N3CCOCC3)cn2)C1. The standard InChI is InChI=1S/C22H31BN4O4/c1-21(2)22(3,4)31-23(30-21)17-12-18(15-26(5)14-17)25-19-7-6-16(13-24-19)20(28)27-8-10-29-11-9-27/h6-7,12-14H,8-11,15H2,1-5H3,(H,24,25). The number of ether oxygens (including phenoxy) is 1. The fraction of sp³-hybridized carbons (Fsp3) is 0.545. The summed E-state index contributed by atoms with van der Waals surface area (Å²) in [4.78, 5) is 20.9. The average molecular weight is 426 g/mol. The van der Waals surface area contributed by atoms with E-state index in [4.69, 9.17) is 14.0 Å². The van der Waals surface area contributed by atoms with Crippen LogP contribution in [0.25, 0.3) is 0 Å². The lowest BCUT2D eigenvalue weighted by Gasteiger charge is -2.32. The molecule has 2 saturated heterocycles. The Balaban J connectivity index is 1.44. The minimum absolute atomic E-state index is 0.00931. The van der Waals surface area contributed by atoms with E-state index in [0.29, 0.717) is 44.2 Å². The van der Waals surface area contributed by atoms with Crippen molar-refractivity contribution >= 4 is 18.8 Å². The lowest BCUT2D eigenvalue weighted by Crippen LogP contribution is -2.41. The van der Waals surface area contributed by atoms with Crippen LogP contribution in [-0.2, 0) is 14.0 Å².